The van der Waals surface area contributed by atoms with Crippen LogP contribution in [-0.4, -0.2) is 92.2 Å². The van der Waals surface area contributed by atoms with Gasteiger partial charge in [-0.2, -0.15) is 52.7 Å². The van der Waals surface area contributed by atoms with Crippen molar-refractivity contribution in [1.29, 1.82) is 0 Å². The fourth-order valence-corrected chi connectivity index (χ4v) is 5.73. The number of hydrogen-bond donors (Lipinski definition) is 0. The van der Waals surface area contributed by atoms with Gasteiger partial charge in [0.1, 0.15) is 42.9 Å². The second kappa shape index (κ2) is 25.5. The van der Waals surface area contributed by atoms with Gasteiger partial charge in [0.2, 0.25) is 23.8 Å². The van der Waals surface area contributed by atoms with E-state index >= 15 is 0 Å². The molecule has 12 nitrogen and oxygen atoms in total. The summed E-state index contributed by atoms with van der Waals surface area (Å²) in [5.74, 6) is 0.844. The Kier molecular flexibility index (Phi) is 23.1. The number of aromatic nitrogens is 8. The monoisotopic (exact) mass is 1010 g/mol. The molecule has 4 aromatic rings. The van der Waals surface area contributed by atoms with Crippen molar-refractivity contribution in [1.82, 2.24) is 39.9 Å². The Bertz CT molecular complexity index is 1740. The molecule has 4 heterocycles. The number of nitrogens with zero attached hydrogens (tertiary/aromatic N) is 12. The molecule has 28 heteroatoms. The van der Waals surface area contributed by atoms with Crippen LogP contribution in [0.1, 0.15) is 77.6 Å². The Morgan fingerprint density at radius 1 is 0.328 bits per heavy atom. The molecule has 0 unspecified atom stereocenters. The van der Waals surface area contributed by atoms with Gasteiger partial charge in [0.25, 0.3) is 0 Å². The first-order chi connectivity index (χ1) is 29.6. The van der Waals surface area contributed by atoms with Crippen molar-refractivity contribution in [3.63, 3.8) is 0 Å². The fourth-order valence-electron chi connectivity index (χ4n) is 4.81. The first-order valence-corrected chi connectivity index (χ1v) is 20.5. The third-order valence-corrected chi connectivity index (χ3v) is 9.48. The Morgan fingerprint density at radius 2 is 0.469 bits per heavy atom. The van der Waals surface area contributed by atoms with Gasteiger partial charge in [-0.1, -0.05) is 46.4 Å². The smallest absolute Gasteiger partial charge is 0.341 e. The lowest BCUT2D eigenvalue weighted by molar-refractivity contribution is -0.138. The predicted molar refractivity (Wildman–Crippen MR) is 222 cm³/mol. The summed E-state index contributed by atoms with van der Waals surface area (Å²) < 4.78 is 148. The highest BCUT2D eigenvalue weighted by Crippen LogP contribution is 2.36. The molecule has 0 amide bonds. The molecule has 0 spiro atoms. The van der Waals surface area contributed by atoms with E-state index < -0.39 is 67.6 Å². The van der Waals surface area contributed by atoms with Gasteiger partial charge in [-0.25, -0.2) is 39.9 Å². The summed E-state index contributed by atoms with van der Waals surface area (Å²) in [5, 5.41) is -2.26. The van der Waals surface area contributed by atoms with E-state index in [1.54, 1.807) is 19.6 Å². The Balaban J connectivity index is 0.000000427. The van der Waals surface area contributed by atoms with Crippen LogP contribution in [-0.2, 0) is 24.7 Å². The zero-order chi connectivity index (χ0) is 49.4. The highest BCUT2D eigenvalue weighted by molar-refractivity contribution is 6.31. The van der Waals surface area contributed by atoms with E-state index in [2.05, 4.69) is 39.9 Å². The number of hydrogen-bond acceptors (Lipinski definition) is 12. The van der Waals surface area contributed by atoms with Crippen LogP contribution in [0.5, 0.6) is 0 Å². The van der Waals surface area contributed by atoms with Gasteiger partial charge in [0, 0.05) is 77.1 Å². The molecule has 0 fully saturated rings. The van der Waals surface area contributed by atoms with Gasteiger partial charge in [-0.15, -0.1) is 0 Å². The summed E-state index contributed by atoms with van der Waals surface area (Å²) in [6.07, 6.45) is -15.2. The molecule has 0 saturated carbocycles. The molecular formula is C36H44Cl4F12N12. The molecule has 0 bridgehead atoms. The van der Waals surface area contributed by atoms with E-state index in [0.717, 1.165) is 0 Å². The van der Waals surface area contributed by atoms with Crippen molar-refractivity contribution >= 4 is 70.2 Å². The lowest BCUT2D eigenvalue weighted by Crippen LogP contribution is -2.24. The standard InChI is InChI=1S/4C9H11ClF3N3/c4*1-3-16(4-2)8-14-5-6(7(10)15-8)9(11,12)13/h4*5H,3-4H2,1-2H3. The van der Waals surface area contributed by atoms with Crippen molar-refractivity contribution in [3.8, 4) is 0 Å². The van der Waals surface area contributed by atoms with Crippen molar-refractivity contribution in [3.05, 3.63) is 67.7 Å². The molecule has 0 aliphatic carbocycles. The summed E-state index contributed by atoms with van der Waals surface area (Å²) in [7, 11) is 0. The van der Waals surface area contributed by atoms with Crippen LogP contribution in [0.3, 0.4) is 0 Å². The quantitative estimate of drug-likeness (QED) is 0.0993. The van der Waals surface area contributed by atoms with E-state index in [-0.39, 0.29) is 23.8 Å². The van der Waals surface area contributed by atoms with Crippen LogP contribution in [0.2, 0.25) is 20.6 Å². The predicted octanol–water partition coefficient (Wildman–Crippen LogP) is 12.0. The lowest BCUT2D eigenvalue weighted by atomic mass is 10.3. The maximum atomic E-state index is 12.4. The van der Waals surface area contributed by atoms with Crippen LogP contribution >= 0.6 is 46.4 Å². The zero-order valence-corrected chi connectivity index (χ0v) is 38.4. The molecular weight excluding hydrogens is 970 g/mol. The van der Waals surface area contributed by atoms with Gasteiger partial charge >= 0.3 is 24.7 Å². The van der Waals surface area contributed by atoms with Crippen LogP contribution in [0.4, 0.5) is 76.5 Å². The summed E-state index contributed by atoms with van der Waals surface area (Å²) in [6.45, 7) is 19.8. The van der Waals surface area contributed by atoms with Gasteiger partial charge in [-0.3, -0.25) is 0 Å². The highest BCUT2D eigenvalue weighted by Gasteiger charge is 2.37. The number of rotatable bonds is 12. The molecule has 64 heavy (non-hydrogen) atoms. The summed E-state index contributed by atoms with van der Waals surface area (Å²) in [6, 6.07) is 0. The topological polar surface area (TPSA) is 116 Å². The van der Waals surface area contributed by atoms with Crippen LogP contribution in [0.15, 0.2) is 24.8 Å². The van der Waals surface area contributed by atoms with Crippen LogP contribution in [0, 0.1) is 0 Å². The van der Waals surface area contributed by atoms with Gasteiger partial charge in [0.15, 0.2) is 0 Å². The summed E-state index contributed by atoms with van der Waals surface area (Å²) >= 11 is 21.9. The molecule has 4 aromatic heterocycles. The van der Waals surface area contributed by atoms with E-state index in [1.807, 2.05) is 55.4 Å². The average Bonchev–Trinajstić information content (AvgIpc) is 3.19. The molecule has 4 rings (SSSR count). The van der Waals surface area contributed by atoms with Gasteiger partial charge < -0.3 is 19.6 Å². The SMILES string of the molecule is CCN(CC)c1ncc(C(F)(F)F)c(Cl)n1.CCN(CC)c1ncc(C(F)(F)F)c(Cl)n1.CCN(CC)c1ncc(C(F)(F)F)c(Cl)n1.CCN(CC)c1ncc(C(F)(F)F)c(Cl)n1. The largest absolute Gasteiger partial charge is 0.420 e. The van der Waals surface area contributed by atoms with Crippen molar-refractivity contribution in [2.45, 2.75) is 80.1 Å². The summed E-state index contributed by atoms with van der Waals surface area (Å²) in [5.41, 5.74) is -4.04. The minimum atomic E-state index is -4.52. The number of alkyl halides is 12. The second-order valence-electron chi connectivity index (χ2n) is 12.2. The van der Waals surface area contributed by atoms with Crippen molar-refractivity contribution < 1.29 is 52.7 Å². The molecule has 0 aromatic carbocycles. The third kappa shape index (κ3) is 17.3. The Hall–Kier alpha value is -4.16. The molecule has 0 N–H and O–H groups in total. The third-order valence-electron chi connectivity index (χ3n) is 8.32. The molecule has 0 aliphatic rings. The fraction of sp³-hybridized carbons (Fsp3) is 0.556. The molecule has 0 atom stereocenters. The van der Waals surface area contributed by atoms with Crippen LogP contribution < -0.4 is 19.6 Å². The van der Waals surface area contributed by atoms with E-state index in [1.165, 1.54) is 0 Å². The minimum Gasteiger partial charge on any atom is -0.341 e. The first kappa shape index (κ1) is 57.9. The van der Waals surface area contributed by atoms with Gasteiger partial charge in [-0.05, 0) is 55.4 Å². The Labute approximate surface area is 381 Å². The van der Waals surface area contributed by atoms with Gasteiger partial charge in [0.05, 0.1) is 0 Å². The van der Waals surface area contributed by atoms with E-state index in [4.69, 9.17) is 46.4 Å². The normalized spacial score (nSPS) is 11.6. The zero-order valence-electron chi connectivity index (χ0n) is 35.4. The van der Waals surface area contributed by atoms with E-state index in [0.29, 0.717) is 77.1 Å². The maximum Gasteiger partial charge on any atom is 0.420 e. The maximum absolute atomic E-state index is 12.4. The average molecular weight is 1010 g/mol. The molecule has 0 radical (unpaired) electrons. The highest BCUT2D eigenvalue weighted by atomic mass is 35.5. The number of halogens is 16. The first-order valence-electron chi connectivity index (χ1n) is 19.0. The minimum absolute atomic E-state index is 0.211. The van der Waals surface area contributed by atoms with Crippen molar-refractivity contribution in [2.24, 2.45) is 0 Å². The second-order valence-corrected chi connectivity index (χ2v) is 13.6. The van der Waals surface area contributed by atoms with Crippen molar-refractivity contribution in [2.75, 3.05) is 72.0 Å². The van der Waals surface area contributed by atoms with E-state index in [9.17, 15) is 52.7 Å². The number of anilines is 4. The lowest BCUT2D eigenvalue weighted by Gasteiger charge is -2.19. The molecule has 360 valence electrons. The molecule has 0 saturated heterocycles. The molecule has 0 aliphatic heterocycles. The van der Waals surface area contributed by atoms with Crippen LogP contribution in [0.25, 0.3) is 0 Å². The Morgan fingerprint density at radius 3 is 0.562 bits per heavy atom. The summed E-state index contributed by atoms with van der Waals surface area (Å²) in [4.78, 5) is 36.1.